The Balaban J connectivity index is 2.33. The number of carbonyl (C=O) groups is 1. The number of hydrogen-bond acceptors (Lipinski definition) is 5. The van der Waals surface area contributed by atoms with Crippen LogP contribution in [0.3, 0.4) is 0 Å². The molecule has 0 atom stereocenters. The highest BCUT2D eigenvalue weighted by Crippen LogP contribution is 2.28. The summed E-state index contributed by atoms with van der Waals surface area (Å²) in [5.41, 5.74) is 2.17. The third-order valence-corrected chi connectivity index (χ3v) is 3.23. The van der Waals surface area contributed by atoms with Crippen LogP contribution in [0.5, 0.6) is 0 Å². The minimum absolute atomic E-state index is 0.162. The molecule has 2 rings (SSSR count). The summed E-state index contributed by atoms with van der Waals surface area (Å²) < 4.78 is 6.93. The maximum absolute atomic E-state index is 11.4. The van der Waals surface area contributed by atoms with Gasteiger partial charge in [0.1, 0.15) is 5.56 Å². The molecule has 2 aromatic rings. The molecule has 0 saturated heterocycles. The first-order valence-corrected chi connectivity index (χ1v) is 6.93. The normalized spacial score (nSPS) is 11.0. The zero-order chi connectivity index (χ0) is 15.4. The van der Waals surface area contributed by atoms with E-state index in [1.54, 1.807) is 11.7 Å². The summed E-state index contributed by atoms with van der Waals surface area (Å²) in [5, 5.41) is 17.6. The Bertz CT molecular complexity index is 651. The Morgan fingerprint density at radius 1 is 1.52 bits per heavy atom. The lowest BCUT2D eigenvalue weighted by atomic mass is 10.1. The van der Waals surface area contributed by atoms with Crippen LogP contribution in [0.4, 0.5) is 5.69 Å². The molecule has 7 heteroatoms. The number of carboxylic acids is 1. The maximum atomic E-state index is 11.4. The van der Waals surface area contributed by atoms with E-state index in [2.05, 4.69) is 15.4 Å². The fraction of sp³-hybridized carbons (Fsp3) is 0.500. The third kappa shape index (κ3) is 3.13. The molecular formula is C14H20N4O3. The van der Waals surface area contributed by atoms with Gasteiger partial charge in [0.05, 0.1) is 16.8 Å². The van der Waals surface area contributed by atoms with Gasteiger partial charge >= 0.3 is 5.97 Å². The van der Waals surface area contributed by atoms with Gasteiger partial charge in [-0.15, -0.1) is 0 Å². The van der Waals surface area contributed by atoms with Gasteiger partial charge in [-0.05, 0) is 20.3 Å². The van der Waals surface area contributed by atoms with Gasteiger partial charge in [0.2, 0.25) is 0 Å². The average molecular weight is 292 g/mol. The molecule has 0 saturated carbocycles. The van der Waals surface area contributed by atoms with Crippen molar-refractivity contribution in [2.45, 2.75) is 20.3 Å². The molecule has 2 heterocycles. The number of aromatic nitrogens is 3. The van der Waals surface area contributed by atoms with E-state index in [9.17, 15) is 9.90 Å². The van der Waals surface area contributed by atoms with E-state index in [4.69, 9.17) is 4.74 Å². The van der Waals surface area contributed by atoms with Gasteiger partial charge in [0.15, 0.2) is 5.65 Å². The highest BCUT2D eigenvalue weighted by atomic mass is 16.5. The Kier molecular flexibility index (Phi) is 4.74. The second-order valence-electron chi connectivity index (χ2n) is 4.74. The molecule has 0 aliphatic carbocycles. The number of carboxylic acid groups (broad SMARTS) is 1. The molecule has 2 N–H and O–H groups in total. The van der Waals surface area contributed by atoms with E-state index in [1.165, 1.54) is 6.20 Å². The first-order chi connectivity index (χ1) is 10.1. The summed E-state index contributed by atoms with van der Waals surface area (Å²) in [7, 11) is 1.79. The van der Waals surface area contributed by atoms with E-state index in [-0.39, 0.29) is 5.56 Å². The molecule has 2 aromatic heterocycles. The monoisotopic (exact) mass is 292 g/mol. The first kappa shape index (κ1) is 15.2. The summed E-state index contributed by atoms with van der Waals surface area (Å²) in [6.45, 7) is 5.75. The van der Waals surface area contributed by atoms with Crippen LogP contribution in [0.1, 0.15) is 29.4 Å². The molecule has 0 unspecified atom stereocenters. The lowest BCUT2D eigenvalue weighted by Crippen LogP contribution is -2.11. The molecule has 114 valence electrons. The van der Waals surface area contributed by atoms with Crippen LogP contribution in [0, 0.1) is 6.92 Å². The van der Waals surface area contributed by atoms with Gasteiger partial charge in [0, 0.05) is 33.0 Å². The summed E-state index contributed by atoms with van der Waals surface area (Å²) in [6, 6.07) is 0. The van der Waals surface area contributed by atoms with Crippen molar-refractivity contribution in [2.24, 2.45) is 7.05 Å². The van der Waals surface area contributed by atoms with E-state index >= 15 is 0 Å². The van der Waals surface area contributed by atoms with E-state index in [1.807, 2.05) is 13.8 Å². The number of pyridine rings is 1. The predicted molar refractivity (Wildman–Crippen MR) is 79.8 cm³/mol. The zero-order valence-electron chi connectivity index (χ0n) is 12.5. The minimum atomic E-state index is -1.00. The van der Waals surface area contributed by atoms with Gasteiger partial charge < -0.3 is 15.2 Å². The van der Waals surface area contributed by atoms with Crippen molar-refractivity contribution >= 4 is 22.7 Å². The topological polar surface area (TPSA) is 89.3 Å². The molecule has 0 aromatic carbocycles. The number of nitrogens with zero attached hydrogens (tertiary/aromatic N) is 3. The molecule has 0 aliphatic rings. The van der Waals surface area contributed by atoms with E-state index < -0.39 is 5.97 Å². The number of nitrogens with one attached hydrogen (secondary N) is 1. The van der Waals surface area contributed by atoms with E-state index in [0.717, 1.165) is 17.5 Å². The Hall–Kier alpha value is -2.15. The van der Waals surface area contributed by atoms with Crippen molar-refractivity contribution < 1.29 is 14.6 Å². The lowest BCUT2D eigenvalue weighted by molar-refractivity contribution is 0.0697. The van der Waals surface area contributed by atoms with Crippen molar-refractivity contribution in [3.05, 3.63) is 17.5 Å². The van der Waals surface area contributed by atoms with Gasteiger partial charge in [-0.25, -0.2) is 9.78 Å². The largest absolute Gasteiger partial charge is 0.478 e. The first-order valence-electron chi connectivity index (χ1n) is 6.93. The van der Waals surface area contributed by atoms with Crippen molar-refractivity contribution in [1.29, 1.82) is 0 Å². The fourth-order valence-corrected chi connectivity index (χ4v) is 2.29. The third-order valence-electron chi connectivity index (χ3n) is 3.23. The average Bonchev–Trinajstić information content (AvgIpc) is 2.73. The maximum Gasteiger partial charge on any atom is 0.339 e. The van der Waals surface area contributed by atoms with Crippen molar-refractivity contribution in [3.8, 4) is 0 Å². The summed E-state index contributed by atoms with van der Waals surface area (Å²) >= 11 is 0. The molecule has 0 amide bonds. The highest BCUT2D eigenvalue weighted by Gasteiger charge is 2.18. The Labute approximate surface area is 122 Å². The molecule has 0 fully saturated rings. The van der Waals surface area contributed by atoms with Crippen LogP contribution in [0.15, 0.2) is 6.20 Å². The number of anilines is 1. The van der Waals surface area contributed by atoms with Gasteiger partial charge in [-0.1, -0.05) is 0 Å². The van der Waals surface area contributed by atoms with Crippen LogP contribution < -0.4 is 5.32 Å². The standard InChI is InChI=1S/C14H20N4O3/c1-4-21-7-5-6-15-12-10(14(19)20)8-16-13-11(12)9(2)17-18(13)3/h8H,4-7H2,1-3H3,(H,15,16)(H,19,20). The molecule has 21 heavy (non-hydrogen) atoms. The summed E-state index contributed by atoms with van der Waals surface area (Å²) in [6.07, 6.45) is 2.17. The number of fused-ring (bicyclic) bond motifs is 1. The SMILES string of the molecule is CCOCCCNc1c(C(=O)O)cnc2c1c(C)nn2C. The van der Waals surface area contributed by atoms with E-state index in [0.29, 0.717) is 31.1 Å². The molecule has 7 nitrogen and oxygen atoms in total. The van der Waals surface area contributed by atoms with Gasteiger partial charge in [-0.3, -0.25) is 4.68 Å². The number of hydrogen-bond donors (Lipinski definition) is 2. The Morgan fingerprint density at radius 2 is 2.29 bits per heavy atom. The highest BCUT2D eigenvalue weighted by molar-refractivity contribution is 6.04. The van der Waals surface area contributed by atoms with Crippen LogP contribution in [0.25, 0.3) is 11.0 Å². The smallest absolute Gasteiger partial charge is 0.339 e. The number of ether oxygens (including phenoxy) is 1. The molecular weight excluding hydrogens is 272 g/mol. The fourth-order valence-electron chi connectivity index (χ4n) is 2.29. The molecule has 0 spiro atoms. The van der Waals surface area contributed by atoms with Crippen LogP contribution in [-0.4, -0.2) is 45.6 Å². The lowest BCUT2D eigenvalue weighted by Gasteiger charge is -2.11. The van der Waals surface area contributed by atoms with Crippen LogP contribution >= 0.6 is 0 Å². The second kappa shape index (κ2) is 6.53. The van der Waals surface area contributed by atoms with Crippen LogP contribution in [0.2, 0.25) is 0 Å². The number of aromatic carboxylic acids is 1. The quantitative estimate of drug-likeness (QED) is 0.757. The number of aryl methyl sites for hydroxylation is 2. The predicted octanol–water partition coefficient (Wildman–Crippen LogP) is 1.81. The summed E-state index contributed by atoms with van der Waals surface area (Å²) in [5.74, 6) is -1.00. The van der Waals surface area contributed by atoms with Gasteiger partial charge in [-0.2, -0.15) is 5.10 Å². The number of rotatable bonds is 7. The van der Waals surface area contributed by atoms with Gasteiger partial charge in [0.25, 0.3) is 0 Å². The molecule has 0 bridgehead atoms. The van der Waals surface area contributed by atoms with Crippen molar-refractivity contribution in [2.75, 3.05) is 25.1 Å². The molecule has 0 aliphatic heterocycles. The van der Waals surface area contributed by atoms with Crippen LogP contribution in [-0.2, 0) is 11.8 Å². The van der Waals surface area contributed by atoms with Crippen molar-refractivity contribution in [3.63, 3.8) is 0 Å². The zero-order valence-corrected chi connectivity index (χ0v) is 12.5. The summed E-state index contributed by atoms with van der Waals surface area (Å²) in [4.78, 5) is 15.6. The molecule has 0 radical (unpaired) electrons. The second-order valence-corrected chi connectivity index (χ2v) is 4.74. The minimum Gasteiger partial charge on any atom is -0.478 e. The van der Waals surface area contributed by atoms with Crippen molar-refractivity contribution in [1.82, 2.24) is 14.8 Å². The Morgan fingerprint density at radius 3 is 2.95 bits per heavy atom.